The molecule has 1 aliphatic carbocycles. The molecule has 5 heteroatoms. The van der Waals surface area contributed by atoms with E-state index in [0.717, 1.165) is 24.8 Å². The van der Waals surface area contributed by atoms with Crippen molar-refractivity contribution in [2.24, 2.45) is 5.41 Å². The standard InChI is InChI=1S/C20H25N3O2/c1-12-13(2)22-23-19(25)17(12)18(24)21-16-11-20(3,4)10-9-14-7-5-6-8-15(14)16/h5-8,16H,9-11H2,1-4H3,(H,21,24)(H,23,25). The van der Waals surface area contributed by atoms with Crippen LogP contribution in [-0.2, 0) is 6.42 Å². The zero-order chi connectivity index (χ0) is 18.2. The summed E-state index contributed by atoms with van der Waals surface area (Å²) in [7, 11) is 0. The Morgan fingerprint density at radius 2 is 2.00 bits per heavy atom. The molecule has 25 heavy (non-hydrogen) atoms. The van der Waals surface area contributed by atoms with Crippen molar-refractivity contribution in [1.82, 2.24) is 15.5 Å². The van der Waals surface area contributed by atoms with E-state index in [9.17, 15) is 9.59 Å². The van der Waals surface area contributed by atoms with E-state index in [4.69, 9.17) is 0 Å². The van der Waals surface area contributed by atoms with Crippen molar-refractivity contribution in [2.45, 2.75) is 53.0 Å². The number of carbonyl (C=O) groups is 1. The van der Waals surface area contributed by atoms with Crippen molar-refractivity contribution in [1.29, 1.82) is 0 Å². The molecular formula is C20H25N3O2. The summed E-state index contributed by atoms with van der Waals surface area (Å²) in [5.74, 6) is -0.332. The van der Waals surface area contributed by atoms with Crippen molar-refractivity contribution >= 4 is 5.91 Å². The molecule has 2 aromatic rings. The maximum atomic E-state index is 12.9. The van der Waals surface area contributed by atoms with Crippen LogP contribution in [0.15, 0.2) is 29.1 Å². The van der Waals surface area contributed by atoms with Gasteiger partial charge in [0, 0.05) is 0 Å². The highest BCUT2D eigenvalue weighted by atomic mass is 16.2. The minimum absolute atomic E-state index is 0.103. The molecule has 5 nitrogen and oxygen atoms in total. The number of nitrogens with zero attached hydrogens (tertiary/aromatic N) is 1. The maximum Gasteiger partial charge on any atom is 0.277 e. The minimum atomic E-state index is -0.443. The Bertz CT molecular complexity index is 867. The molecule has 132 valence electrons. The van der Waals surface area contributed by atoms with E-state index < -0.39 is 5.56 Å². The fraction of sp³-hybridized carbons (Fsp3) is 0.450. The van der Waals surface area contributed by atoms with Crippen molar-refractivity contribution in [2.75, 3.05) is 0 Å². The molecule has 1 amide bonds. The molecule has 0 fully saturated rings. The van der Waals surface area contributed by atoms with E-state index in [2.05, 4.69) is 41.5 Å². The molecule has 0 aliphatic heterocycles. The molecule has 2 N–H and O–H groups in total. The summed E-state index contributed by atoms with van der Waals surface area (Å²) in [6, 6.07) is 8.15. The monoisotopic (exact) mass is 339 g/mol. The van der Waals surface area contributed by atoms with Crippen LogP contribution >= 0.6 is 0 Å². The highest BCUT2D eigenvalue weighted by Crippen LogP contribution is 2.39. The number of H-pyrrole nitrogens is 1. The number of hydrogen-bond donors (Lipinski definition) is 2. The number of aromatic amines is 1. The number of aryl methyl sites for hydroxylation is 2. The van der Waals surface area contributed by atoms with Gasteiger partial charge in [0.25, 0.3) is 11.5 Å². The van der Waals surface area contributed by atoms with Crippen LogP contribution in [0.25, 0.3) is 0 Å². The van der Waals surface area contributed by atoms with E-state index in [1.165, 1.54) is 5.56 Å². The third-order valence-electron chi connectivity index (χ3n) is 5.26. The molecule has 0 spiro atoms. The summed E-state index contributed by atoms with van der Waals surface area (Å²) in [6.45, 7) is 8.00. The molecule has 0 saturated carbocycles. The fourth-order valence-electron chi connectivity index (χ4n) is 3.60. The van der Waals surface area contributed by atoms with E-state index in [1.54, 1.807) is 13.8 Å². The molecule has 1 unspecified atom stereocenters. The van der Waals surface area contributed by atoms with Gasteiger partial charge in [-0.1, -0.05) is 38.1 Å². The Kier molecular flexibility index (Phi) is 4.50. The first-order valence-corrected chi connectivity index (χ1v) is 8.73. The van der Waals surface area contributed by atoms with Crippen LogP contribution in [-0.4, -0.2) is 16.1 Å². The maximum absolute atomic E-state index is 12.9. The van der Waals surface area contributed by atoms with Crippen molar-refractivity contribution in [3.8, 4) is 0 Å². The van der Waals surface area contributed by atoms with Gasteiger partial charge in [0.1, 0.15) is 5.56 Å². The van der Waals surface area contributed by atoms with E-state index in [0.29, 0.717) is 11.3 Å². The Balaban J connectivity index is 1.97. The van der Waals surface area contributed by atoms with Crippen LogP contribution in [0.3, 0.4) is 0 Å². The lowest BCUT2D eigenvalue weighted by atomic mass is 9.83. The van der Waals surface area contributed by atoms with Crippen molar-refractivity contribution in [3.63, 3.8) is 0 Å². The molecule has 3 rings (SSSR count). The third kappa shape index (κ3) is 3.50. The molecule has 1 aromatic heterocycles. The highest BCUT2D eigenvalue weighted by Gasteiger charge is 2.31. The normalized spacial score (nSPS) is 19.0. The first-order valence-electron chi connectivity index (χ1n) is 8.73. The van der Waals surface area contributed by atoms with Crippen molar-refractivity contribution < 1.29 is 4.79 Å². The number of carbonyl (C=O) groups excluding carboxylic acids is 1. The van der Waals surface area contributed by atoms with Gasteiger partial charge >= 0.3 is 0 Å². The number of aromatic nitrogens is 2. The van der Waals surface area contributed by atoms with Gasteiger partial charge in [0.15, 0.2) is 0 Å². The van der Waals surface area contributed by atoms with E-state index >= 15 is 0 Å². The van der Waals surface area contributed by atoms with Crippen LogP contribution in [0, 0.1) is 19.3 Å². The lowest BCUT2D eigenvalue weighted by Crippen LogP contribution is -2.36. The second-order valence-electron chi connectivity index (χ2n) is 7.73. The van der Waals surface area contributed by atoms with Crippen LogP contribution in [0.4, 0.5) is 0 Å². The van der Waals surface area contributed by atoms with Crippen LogP contribution in [0.2, 0.25) is 0 Å². The lowest BCUT2D eigenvalue weighted by molar-refractivity contribution is 0.0922. The fourth-order valence-corrected chi connectivity index (χ4v) is 3.60. The Morgan fingerprint density at radius 3 is 2.76 bits per heavy atom. The van der Waals surface area contributed by atoms with Gasteiger partial charge in [0.05, 0.1) is 11.7 Å². The van der Waals surface area contributed by atoms with Gasteiger partial charge in [-0.2, -0.15) is 5.10 Å². The predicted octanol–water partition coefficient (Wildman–Crippen LogP) is 3.22. The average molecular weight is 339 g/mol. The molecule has 1 heterocycles. The second-order valence-corrected chi connectivity index (χ2v) is 7.73. The topological polar surface area (TPSA) is 74.8 Å². The van der Waals surface area contributed by atoms with Gasteiger partial charge in [-0.05, 0) is 55.2 Å². The Labute approximate surface area is 147 Å². The smallest absolute Gasteiger partial charge is 0.277 e. The zero-order valence-corrected chi connectivity index (χ0v) is 15.3. The van der Waals surface area contributed by atoms with E-state index in [1.807, 2.05) is 12.1 Å². The summed E-state index contributed by atoms with van der Waals surface area (Å²) in [6.07, 6.45) is 2.92. The summed E-state index contributed by atoms with van der Waals surface area (Å²) in [5, 5.41) is 9.44. The largest absolute Gasteiger partial charge is 0.345 e. The summed E-state index contributed by atoms with van der Waals surface area (Å²) < 4.78 is 0. The van der Waals surface area contributed by atoms with Gasteiger partial charge < -0.3 is 5.32 Å². The molecule has 1 aliphatic rings. The summed E-state index contributed by atoms with van der Waals surface area (Å²) in [5.41, 5.74) is 3.55. The van der Waals surface area contributed by atoms with Gasteiger partial charge in [0.2, 0.25) is 0 Å². The van der Waals surface area contributed by atoms with Crippen LogP contribution < -0.4 is 10.9 Å². The van der Waals surface area contributed by atoms with Crippen LogP contribution in [0.1, 0.15) is 65.5 Å². The highest BCUT2D eigenvalue weighted by molar-refractivity contribution is 5.95. The van der Waals surface area contributed by atoms with Crippen LogP contribution in [0.5, 0.6) is 0 Å². The average Bonchev–Trinajstić information content (AvgIpc) is 2.68. The number of benzene rings is 1. The minimum Gasteiger partial charge on any atom is -0.345 e. The Morgan fingerprint density at radius 1 is 1.28 bits per heavy atom. The molecule has 0 saturated heterocycles. The number of fused-ring (bicyclic) bond motifs is 1. The first-order chi connectivity index (χ1) is 11.8. The molecule has 0 bridgehead atoms. The molecule has 1 atom stereocenters. The zero-order valence-electron chi connectivity index (χ0n) is 15.3. The van der Waals surface area contributed by atoms with Crippen molar-refractivity contribution in [3.05, 3.63) is 62.6 Å². The first kappa shape index (κ1) is 17.4. The number of hydrogen-bond acceptors (Lipinski definition) is 3. The quantitative estimate of drug-likeness (QED) is 0.825. The molecule has 0 radical (unpaired) electrons. The lowest BCUT2D eigenvalue weighted by Gasteiger charge is -2.27. The number of rotatable bonds is 2. The number of amides is 1. The molecular weight excluding hydrogens is 314 g/mol. The van der Waals surface area contributed by atoms with Gasteiger partial charge in [-0.25, -0.2) is 5.10 Å². The summed E-state index contributed by atoms with van der Waals surface area (Å²) in [4.78, 5) is 25.0. The van der Waals surface area contributed by atoms with E-state index in [-0.39, 0.29) is 22.9 Å². The predicted molar refractivity (Wildman–Crippen MR) is 97.7 cm³/mol. The number of nitrogens with one attached hydrogen (secondary N) is 2. The second kappa shape index (κ2) is 6.47. The molecule has 1 aromatic carbocycles. The Hall–Kier alpha value is -2.43. The SMILES string of the molecule is Cc1n[nH]c(=O)c(C(=O)NC2CC(C)(C)CCc3ccccc32)c1C. The van der Waals surface area contributed by atoms with Gasteiger partial charge in [-0.15, -0.1) is 0 Å². The van der Waals surface area contributed by atoms with Gasteiger partial charge in [-0.3, -0.25) is 9.59 Å². The third-order valence-corrected chi connectivity index (χ3v) is 5.26. The summed E-state index contributed by atoms with van der Waals surface area (Å²) >= 11 is 0.